The third-order valence-corrected chi connectivity index (χ3v) is 16.2. The zero-order chi connectivity index (χ0) is 60.1. The van der Waals surface area contributed by atoms with Crippen LogP contribution >= 0.6 is 11.6 Å². The fourth-order valence-corrected chi connectivity index (χ4v) is 10.7. The largest absolute Gasteiger partial charge is 0.481 e. The number of halogens is 1. The normalized spacial score (nSPS) is 24.8. The number of para-hydroxylation sites is 1. The minimum absolute atomic E-state index is 0.00155. The van der Waals surface area contributed by atoms with Crippen LogP contribution in [0.15, 0.2) is 66.3 Å². The number of alkyl carbamates (subject to hydrolysis) is 1. The number of carbonyl (C=O) groups excluding carboxylic acids is 6. The molecule has 450 valence electrons. The molecule has 2 saturated heterocycles. The summed E-state index contributed by atoms with van der Waals surface area (Å²) in [5.41, 5.74) is 4.92. The van der Waals surface area contributed by atoms with E-state index in [9.17, 15) is 43.8 Å². The van der Waals surface area contributed by atoms with E-state index < -0.39 is 83.6 Å². The van der Waals surface area contributed by atoms with Crippen LogP contribution < -0.4 is 21.0 Å². The van der Waals surface area contributed by atoms with Crippen molar-refractivity contribution in [3.8, 4) is 0 Å². The fourth-order valence-electron chi connectivity index (χ4n) is 10.5. The van der Waals surface area contributed by atoms with E-state index in [0.717, 1.165) is 33.3 Å². The van der Waals surface area contributed by atoms with Crippen LogP contribution in [0.2, 0.25) is 5.02 Å². The number of methoxy groups -OCH3 is 1. The molecule has 0 radical (unpaired) electrons. The number of carbonyl (C=O) groups is 7. The van der Waals surface area contributed by atoms with Gasteiger partial charge in [-0.3, -0.25) is 34.7 Å². The molecule has 2 fully saturated rings. The maximum absolute atomic E-state index is 14.3. The fraction of sp³-hybridized carbons (Fsp3) is 0.576. The van der Waals surface area contributed by atoms with Gasteiger partial charge in [0.05, 0.1) is 62.1 Å². The van der Waals surface area contributed by atoms with E-state index in [2.05, 4.69) is 26.7 Å². The molecule has 3 aromatic rings. The highest BCUT2D eigenvalue weighted by Gasteiger charge is 2.64. The van der Waals surface area contributed by atoms with Crippen molar-refractivity contribution in [1.29, 1.82) is 0 Å². The minimum Gasteiger partial charge on any atom is -0.481 e. The molecule has 0 aliphatic carbocycles. The number of aryl methyl sites for hydroxylation is 2. The second kappa shape index (κ2) is 29.3. The van der Waals surface area contributed by atoms with Crippen LogP contribution in [0.1, 0.15) is 95.9 Å². The summed E-state index contributed by atoms with van der Waals surface area (Å²) in [5, 5.41) is 29.8. The Labute approximate surface area is 484 Å². The Morgan fingerprint density at radius 2 is 1.72 bits per heavy atom. The third kappa shape index (κ3) is 17.0. The number of allylic oxidation sites excluding steroid dienone is 3. The van der Waals surface area contributed by atoms with Crippen LogP contribution in [0.4, 0.5) is 10.5 Å². The number of aromatic nitrogens is 1. The summed E-state index contributed by atoms with van der Waals surface area (Å²) in [4.78, 5) is 95.4. The maximum Gasteiger partial charge on any atom is 0.409 e. The van der Waals surface area contributed by atoms with Crippen molar-refractivity contribution in [2.75, 3.05) is 66.6 Å². The van der Waals surface area contributed by atoms with Gasteiger partial charge in [-0.25, -0.2) is 14.6 Å². The molecule has 4 amide bonds. The van der Waals surface area contributed by atoms with E-state index in [4.69, 9.17) is 40.0 Å². The molecule has 6 rings (SSSR count). The number of Topliss-reactive ketones (excluding diaryl/α,β-unsaturated/α-hetero) is 1. The van der Waals surface area contributed by atoms with Crippen molar-refractivity contribution < 1.29 is 72.2 Å². The smallest absolute Gasteiger partial charge is 0.409 e. The number of anilines is 1. The van der Waals surface area contributed by atoms with E-state index in [0.29, 0.717) is 36.6 Å². The molecule has 0 saturated carbocycles. The van der Waals surface area contributed by atoms with Gasteiger partial charge in [-0.05, 0) is 88.7 Å². The van der Waals surface area contributed by atoms with Crippen molar-refractivity contribution in [2.45, 2.75) is 153 Å². The number of hydrogen-bond acceptors (Lipinski definition) is 16. The lowest BCUT2D eigenvalue weighted by atomic mass is 9.83. The molecular weight excluding hydrogens is 1080 g/mol. The minimum atomic E-state index is -1.87. The highest BCUT2D eigenvalue weighted by atomic mass is 35.5. The lowest BCUT2D eigenvalue weighted by molar-refractivity contribution is -0.162. The number of ketones is 1. The molecule has 3 aliphatic rings. The first-order valence-electron chi connectivity index (χ1n) is 27.8. The zero-order valence-electron chi connectivity index (χ0n) is 48.8. The lowest BCUT2D eigenvalue weighted by Crippen LogP contribution is -2.63. The van der Waals surface area contributed by atoms with Gasteiger partial charge in [0.2, 0.25) is 17.7 Å². The van der Waals surface area contributed by atoms with Gasteiger partial charge in [-0.2, -0.15) is 0 Å². The van der Waals surface area contributed by atoms with Gasteiger partial charge >= 0.3 is 18.0 Å². The van der Waals surface area contributed by atoms with Crippen LogP contribution in [0.25, 0.3) is 10.9 Å². The standard InChI is InChI=1S/C59H82ClN7O15/c1-36-15-13-19-48(77-10)59(76)34-47(80-57(75)63-59)38(3)55-58(5,82-55)49(33-52(71)66(9)45-31-40(29-36)30-37(2)54(45)60)81-56(74)39(4)65(8)51(70)23-26-79-28-27-78-25-14-18-46(68)43(20-21-53(72)73)62-50(69)22-24-67-42(35-64(7)61-6)32-41-16-11-12-17-44(41)67/h11-13,15-17,19,30-32,38-39,43,47-49,55,61,76H,14,18,20-29,33-35H2,1-10H3,(H,62,69)(H,63,75)(H,72,73)/b19-13+,36-15+/t38-,39+,43+,47+,48-,49+,55?,58+,59-/m1/s1. The number of nitrogens with one attached hydrogen (secondary N) is 3. The predicted octanol–water partition coefficient (Wildman–Crippen LogP) is 5.55. The van der Waals surface area contributed by atoms with E-state index in [1.54, 1.807) is 33.0 Å². The van der Waals surface area contributed by atoms with Gasteiger partial charge in [0.1, 0.15) is 30.0 Å². The zero-order valence-corrected chi connectivity index (χ0v) is 49.5. The van der Waals surface area contributed by atoms with Gasteiger partial charge in [-0.15, -0.1) is 0 Å². The number of amides is 4. The van der Waals surface area contributed by atoms with E-state index in [1.165, 1.54) is 30.9 Å². The molecule has 82 heavy (non-hydrogen) atoms. The van der Waals surface area contributed by atoms with Crippen LogP contribution in [-0.4, -0.2) is 176 Å². The van der Waals surface area contributed by atoms with Crippen molar-refractivity contribution >= 4 is 69.7 Å². The number of hydrogen-bond donors (Lipinski definition) is 5. The molecule has 2 aromatic carbocycles. The molecule has 23 heteroatoms. The van der Waals surface area contributed by atoms with Gasteiger partial charge in [0.15, 0.2) is 11.5 Å². The molecule has 4 heterocycles. The summed E-state index contributed by atoms with van der Waals surface area (Å²) >= 11 is 6.83. The number of fused-ring (bicyclic) bond motifs is 6. The number of likely N-dealkylation sites (N-methyl/N-ethyl adjacent to an activating group) is 1. The summed E-state index contributed by atoms with van der Waals surface area (Å²) in [6.45, 7) is 10.2. The maximum atomic E-state index is 14.3. The number of ether oxygens (including phenoxy) is 6. The van der Waals surface area contributed by atoms with Crippen LogP contribution in [0, 0.1) is 12.8 Å². The molecule has 1 aromatic heterocycles. The average molecular weight is 1160 g/mol. The summed E-state index contributed by atoms with van der Waals surface area (Å²) in [6.07, 6.45) is 0.685. The van der Waals surface area contributed by atoms with Gasteiger partial charge in [0, 0.05) is 84.2 Å². The number of epoxide rings is 1. The molecular formula is C59H82ClN7O15. The number of hydrazine groups is 1. The van der Waals surface area contributed by atoms with Crippen LogP contribution in [-0.2, 0) is 76.7 Å². The topological polar surface area (TPSA) is 269 Å². The Kier molecular flexibility index (Phi) is 23.2. The average Bonchev–Trinajstić information content (AvgIpc) is 4.23. The second-order valence-electron chi connectivity index (χ2n) is 21.8. The first kappa shape index (κ1) is 64.9. The highest BCUT2D eigenvalue weighted by molar-refractivity contribution is 6.34. The van der Waals surface area contributed by atoms with Crippen molar-refractivity contribution in [2.24, 2.45) is 5.92 Å². The Morgan fingerprint density at radius 1 is 1.00 bits per heavy atom. The lowest BCUT2D eigenvalue weighted by Gasteiger charge is -2.42. The molecule has 3 aliphatic heterocycles. The van der Waals surface area contributed by atoms with Gasteiger partial charge in [0.25, 0.3) is 0 Å². The number of aliphatic carboxylic acids is 1. The summed E-state index contributed by atoms with van der Waals surface area (Å²) in [7, 11) is 8.20. The number of carboxylic acid groups (broad SMARTS) is 1. The molecule has 4 bridgehead atoms. The summed E-state index contributed by atoms with van der Waals surface area (Å²) in [6, 6.07) is 11.6. The first-order chi connectivity index (χ1) is 38.9. The summed E-state index contributed by atoms with van der Waals surface area (Å²) in [5.74, 6) is -4.00. The van der Waals surface area contributed by atoms with Crippen molar-refractivity contribution in [1.82, 2.24) is 30.5 Å². The monoisotopic (exact) mass is 1160 g/mol. The number of carboxylic acids is 1. The molecule has 22 nitrogen and oxygen atoms in total. The second-order valence-corrected chi connectivity index (χ2v) is 22.2. The quantitative estimate of drug-likeness (QED) is 0.0301. The number of aliphatic hydroxyl groups is 1. The number of nitrogens with zero attached hydrogens (tertiary/aromatic N) is 4. The Bertz CT molecular complexity index is 2840. The number of esters is 1. The molecule has 5 N–H and O–H groups in total. The SMILES string of the molecule is CNN(C)Cc1cc2ccccc2n1CCC(=O)N[C@@H](CCC(=O)O)C(=O)CCCOCCOCCC(=O)N(C)[C@@H](C)C(=O)O[C@H]1CC(=O)N(C)c2cc(cc(C)c2Cl)C/C(C)=C/C=C/[C@@H](OC)[C@]2(O)C[C@H](OC(=O)N2)[C@@H](C)C2O[C@]21C. The van der Waals surface area contributed by atoms with E-state index in [1.807, 2.05) is 75.4 Å². The first-order valence-corrected chi connectivity index (χ1v) is 28.2. The van der Waals surface area contributed by atoms with E-state index in [-0.39, 0.29) is 83.1 Å². The van der Waals surface area contributed by atoms with Crippen molar-refractivity contribution in [3.63, 3.8) is 0 Å². The van der Waals surface area contributed by atoms with Gasteiger partial charge < -0.3 is 58.3 Å². The molecule has 0 spiro atoms. The third-order valence-electron chi connectivity index (χ3n) is 15.7. The number of benzene rings is 2. The van der Waals surface area contributed by atoms with Crippen molar-refractivity contribution in [3.05, 3.63) is 88.1 Å². The van der Waals surface area contributed by atoms with E-state index >= 15 is 0 Å². The predicted molar refractivity (Wildman–Crippen MR) is 306 cm³/mol. The number of rotatable bonds is 25. The highest BCUT2D eigenvalue weighted by Crippen LogP contribution is 2.49. The summed E-state index contributed by atoms with van der Waals surface area (Å²) < 4.78 is 37.2. The Balaban J connectivity index is 0.993. The van der Waals surface area contributed by atoms with Gasteiger partial charge in [-0.1, -0.05) is 66.6 Å². The Hall–Kier alpha value is -6.24. The molecule has 1 unspecified atom stereocenters. The van der Waals surface area contributed by atoms with Crippen LogP contribution in [0.3, 0.4) is 0 Å². The Morgan fingerprint density at radius 3 is 2.43 bits per heavy atom. The van der Waals surface area contributed by atoms with Crippen LogP contribution in [0.5, 0.6) is 0 Å². The molecule has 9 atom stereocenters.